The quantitative estimate of drug-likeness (QED) is 0.575. The van der Waals surface area contributed by atoms with Crippen LogP contribution in [-0.2, 0) is 9.53 Å². The first-order valence-corrected chi connectivity index (χ1v) is 11.0. The molecule has 1 aromatic heterocycles. The maximum Gasteiger partial charge on any atom is 0.225 e. The van der Waals surface area contributed by atoms with Gasteiger partial charge in [0, 0.05) is 59.6 Å². The molecule has 23 heavy (non-hydrogen) atoms. The van der Waals surface area contributed by atoms with Crippen LogP contribution in [0.5, 0.6) is 0 Å². The van der Waals surface area contributed by atoms with Gasteiger partial charge >= 0.3 is 0 Å². The number of nitrogens with one attached hydrogen (secondary N) is 1. The van der Waals surface area contributed by atoms with E-state index in [1.165, 1.54) is 8.93 Å². The first-order valence-electron chi connectivity index (χ1n) is 7.65. The Labute approximate surface area is 152 Å². The fraction of sp³-hybridized carbons (Fsp3) is 0.500. The summed E-state index contributed by atoms with van der Waals surface area (Å²) in [6, 6.07) is 4.23. The highest BCUT2D eigenvalue weighted by Crippen LogP contribution is 2.24. The second-order valence-corrected chi connectivity index (χ2v) is 7.32. The normalized spacial score (nSPS) is 21.9. The largest absolute Gasteiger partial charge is 0.381 e. The first kappa shape index (κ1) is 16.9. The van der Waals surface area contributed by atoms with E-state index in [1.54, 1.807) is 6.20 Å². The van der Waals surface area contributed by atoms with Crippen LogP contribution in [0.1, 0.15) is 24.8 Å². The van der Waals surface area contributed by atoms with Gasteiger partial charge in [-0.3, -0.25) is 4.79 Å². The van der Waals surface area contributed by atoms with Crippen molar-refractivity contribution < 1.29 is 9.53 Å². The van der Waals surface area contributed by atoms with Gasteiger partial charge in [-0.05, 0) is 39.2 Å². The number of ether oxygens (including phenoxy) is 1. The van der Waals surface area contributed by atoms with Gasteiger partial charge in [0.2, 0.25) is 5.91 Å². The van der Waals surface area contributed by atoms with E-state index >= 15 is 0 Å². The molecule has 2 fully saturated rings. The summed E-state index contributed by atoms with van der Waals surface area (Å²) in [4.78, 5) is 18.7. The number of aromatic nitrogens is 1. The lowest BCUT2D eigenvalue weighted by Crippen LogP contribution is -2.41. The van der Waals surface area contributed by atoms with Gasteiger partial charge in [-0.1, -0.05) is 5.92 Å². The summed E-state index contributed by atoms with van der Waals surface area (Å²) >= 11 is 2.15. The van der Waals surface area contributed by atoms with E-state index in [0.29, 0.717) is 12.5 Å². The van der Waals surface area contributed by atoms with Gasteiger partial charge in [-0.15, -0.1) is 0 Å². The van der Waals surface area contributed by atoms with Gasteiger partial charge in [0.15, 0.2) is 0 Å². The predicted molar refractivity (Wildman–Crippen MR) is 100 cm³/mol. The van der Waals surface area contributed by atoms with Crippen molar-refractivity contribution in [1.29, 1.82) is 0 Å². The van der Waals surface area contributed by atoms with Gasteiger partial charge in [0.05, 0.1) is 11.6 Å². The number of nitrogens with zero attached hydrogens (tertiary/aromatic N) is 2. The van der Waals surface area contributed by atoms with Gasteiger partial charge < -0.3 is 15.0 Å². The Hall–Kier alpha value is -0.980. The number of rotatable bonds is 3. The van der Waals surface area contributed by atoms with Crippen LogP contribution in [0.15, 0.2) is 18.3 Å². The van der Waals surface area contributed by atoms with Crippen LogP contribution >= 0.6 is 30.1 Å². The monoisotopic (exact) mass is 443 g/mol. The van der Waals surface area contributed by atoms with Crippen LogP contribution in [0.3, 0.4) is 0 Å². The molecule has 0 bridgehead atoms. The zero-order valence-corrected chi connectivity index (χ0v) is 15.6. The highest BCUT2D eigenvalue weighted by atomic mass is 127. The number of amides is 1. The Morgan fingerprint density at radius 3 is 3.04 bits per heavy atom. The number of anilines is 1. The second kappa shape index (κ2) is 8.22. The van der Waals surface area contributed by atoms with Crippen LogP contribution in [0.2, 0.25) is 0 Å². The molecular formula is C16H18IN3O2S. The minimum absolute atomic E-state index is 0.0908. The maximum absolute atomic E-state index is 12.3. The molecule has 7 heteroatoms. The zero-order valence-electron chi connectivity index (χ0n) is 12.6. The molecule has 1 N–H and O–H groups in total. The lowest BCUT2D eigenvalue weighted by atomic mass is 10.1. The lowest BCUT2D eigenvalue weighted by Gasteiger charge is -2.31. The Morgan fingerprint density at radius 1 is 1.43 bits per heavy atom. The molecule has 1 amide bonds. The summed E-state index contributed by atoms with van der Waals surface area (Å²) in [7, 11) is 1.45. The van der Waals surface area contributed by atoms with E-state index in [1.807, 2.05) is 17.0 Å². The van der Waals surface area contributed by atoms with Crippen molar-refractivity contribution in [2.24, 2.45) is 0 Å². The summed E-state index contributed by atoms with van der Waals surface area (Å²) in [5.74, 6) is 4.07. The van der Waals surface area contributed by atoms with Crippen molar-refractivity contribution in [3.63, 3.8) is 0 Å². The minimum Gasteiger partial charge on any atom is -0.381 e. The van der Waals surface area contributed by atoms with Crippen LogP contribution in [-0.4, -0.2) is 47.6 Å². The fourth-order valence-corrected chi connectivity index (χ4v) is 3.55. The van der Waals surface area contributed by atoms with Crippen molar-refractivity contribution in [1.82, 2.24) is 9.88 Å². The molecule has 0 aromatic carbocycles. The molecule has 0 saturated carbocycles. The number of carbonyl (C=O) groups is 1. The molecule has 2 aliphatic rings. The smallest absolute Gasteiger partial charge is 0.225 e. The topological polar surface area (TPSA) is 54.5 Å². The van der Waals surface area contributed by atoms with E-state index in [0.717, 1.165) is 44.0 Å². The van der Waals surface area contributed by atoms with Crippen LogP contribution in [0.25, 0.3) is 0 Å². The predicted octanol–water partition coefficient (Wildman–Crippen LogP) is 2.67. The Balaban J connectivity index is 1.66. The van der Waals surface area contributed by atoms with Crippen molar-refractivity contribution in [3.05, 3.63) is 23.9 Å². The summed E-state index contributed by atoms with van der Waals surface area (Å²) in [6.07, 6.45) is 4.14. The fourth-order valence-electron chi connectivity index (χ4n) is 3.07. The van der Waals surface area contributed by atoms with Crippen LogP contribution in [0, 0.1) is 11.2 Å². The summed E-state index contributed by atoms with van der Waals surface area (Å²) in [5, 5.41) is 6.38. The third-order valence-corrected chi connectivity index (χ3v) is 5.00. The second-order valence-electron chi connectivity index (χ2n) is 5.64. The number of hydrogen-bond donors (Lipinski definition) is 1. The molecule has 1 atom stereocenters. The maximum atomic E-state index is 12.3. The van der Waals surface area contributed by atoms with Crippen LogP contribution in [0.4, 0.5) is 5.82 Å². The van der Waals surface area contributed by atoms with Gasteiger partial charge in [-0.2, -0.15) is 0 Å². The number of hydrogen-bond acceptors (Lipinski definition) is 5. The highest BCUT2D eigenvalue weighted by molar-refractivity contribution is 14.2. The van der Waals surface area contributed by atoms with Crippen LogP contribution < -0.4 is 5.32 Å². The van der Waals surface area contributed by atoms with E-state index in [2.05, 4.69) is 42.7 Å². The number of pyridine rings is 1. The van der Waals surface area contributed by atoms with E-state index in [4.69, 9.17) is 4.74 Å². The van der Waals surface area contributed by atoms with Gasteiger partial charge in [0.25, 0.3) is 0 Å². The third kappa shape index (κ3) is 4.31. The molecule has 0 aliphatic carbocycles. The number of likely N-dealkylation sites (tertiary alicyclic amines) is 1. The average Bonchev–Trinajstić information content (AvgIpc) is 2.95. The van der Waals surface area contributed by atoms with Crippen molar-refractivity contribution >= 4 is 41.9 Å². The molecule has 0 spiro atoms. The first-order chi connectivity index (χ1) is 11.3. The minimum atomic E-state index is 0.0908. The number of halogens is 1. The molecular weight excluding hydrogens is 425 g/mol. The Kier molecular flexibility index (Phi) is 6.02. The molecule has 1 aromatic rings. The van der Waals surface area contributed by atoms with Crippen molar-refractivity contribution in [2.75, 3.05) is 25.1 Å². The van der Waals surface area contributed by atoms with Gasteiger partial charge in [-0.25, -0.2) is 4.98 Å². The molecule has 2 saturated heterocycles. The van der Waals surface area contributed by atoms with Gasteiger partial charge in [0.1, 0.15) is 5.82 Å². The molecule has 3 rings (SSSR count). The van der Waals surface area contributed by atoms with Crippen molar-refractivity contribution in [3.8, 4) is 11.2 Å². The average molecular weight is 443 g/mol. The van der Waals surface area contributed by atoms with Crippen molar-refractivity contribution in [2.45, 2.75) is 31.3 Å². The molecule has 3 heterocycles. The number of carbonyl (C=O) groups excluding carboxylic acids is 1. The molecule has 5 nitrogen and oxygen atoms in total. The Bertz CT molecular complexity index is 625. The SMILES string of the molecule is O=C1CC(Nc2ncccc2C#CSI)CN1C1CCOCC1. The third-order valence-electron chi connectivity index (χ3n) is 4.16. The standard InChI is InChI=1S/C16H18IN3O2S/c17-23-9-5-12-2-1-6-18-16(12)19-13-10-15(21)20(11-13)14-3-7-22-8-4-14/h1-2,6,13-14H,3-4,7-8,10-11H2,(H,18,19). The van der Waals surface area contributed by atoms with E-state index in [9.17, 15) is 4.79 Å². The Morgan fingerprint density at radius 2 is 2.26 bits per heavy atom. The lowest BCUT2D eigenvalue weighted by molar-refractivity contribution is -0.131. The zero-order chi connectivity index (χ0) is 16.1. The van der Waals surface area contributed by atoms with E-state index < -0.39 is 0 Å². The summed E-state index contributed by atoms with van der Waals surface area (Å²) in [6.45, 7) is 2.23. The molecule has 1 unspecified atom stereocenters. The molecule has 0 radical (unpaired) electrons. The molecule has 2 aliphatic heterocycles. The summed E-state index contributed by atoms with van der Waals surface area (Å²) in [5.41, 5.74) is 0.869. The van der Waals surface area contributed by atoms with E-state index in [-0.39, 0.29) is 11.9 Å². The highest BCUT2D eigenvalue weighted by Gasteiger charge is 2.35. The summed E-state index contributed by atoms with van der Waals surface area (Å²) < 4.78 is 5.39. The molecule has 122 valence electrons.